The van der Waals surface area contributed by atoms with Gasteiger partial charge in [0.15, 0.2) is 5.78 Å². The molecule has 0 aromatic heterocycles. The Morgan fingerprint density at radius 2 is 2.04 bits per heavy atom. The lowest BCUT2D eigenvalue weighted by atomic mass is 9.49. The van der Waals surface area contributed by atoms with Crippen LogP contribution in [0.4, 0.5) is 0 Å². The van der Waals surface area contributed by atoms with Gasteiger partial charge in [0.25, 0.3) is 0 Å². The number of hydrogen-bond acceptors (Lipinski definition) is 2. The molecule has 2 heteroatoms. The Balaban J connectivity index is 1.38. The standard InChI is InChI=1S/C22H28O2/c1-21-9-7-16-15-6-4-14(23)11-13(15)3-5-17(16)20(21)18-12-19(18)22(21)8-2-10-24-22/h2,8,11,15-20H,3-7,9-10,12H2,1H3/t15?,16?,17?,18-,19+,20?,21+,22?/m1/s1. The third-order valence-electron chi connectivity index (χ3n) is 9.08. The van der Waals surface area contributed by atoms with Crippen LogP contribution < -0.4 is 0 Å². The predicted octanol–water partition coefficient (Wildman–Crippen LogP) is 4.31. The molecule has 0 N–H and O–H groups in total. The molecule has 0 aromatic rings. The van der Waals surface area contributed by atoms with Crippen molar-refractivity contribution < 1.29 is 9.53 Å². The van der Waals surface area contributed by atoms with Crippen LogP contribution in [-0.4, -0.2) is 18.0 Å². The highest BCUT2D eigenvalue weighted by Gasteiger charge is 2.76. The molecule has 0 amide bonds. The lowest BCUT2D eigenvalue weighted by Gasteiger charge is -2.57. The van der Waals surface area contributed by atoms with Gasteiger partial charge in [-0.15, -0.1) is 0 Å². The molecule has 0 radical (unpaired) electrons. The average Bonchev–Trinajstić information content (AvgIpc) is 3.13. The maximum absolute atomic E-state index is 11.8. The number of hydrogen-bond donors (Lipinski definition) is 0. The summed E-state index contributed by atoms with van der Waals surface area (Å²) >= 11 is 0. The molecule has 5 aliphatic carbocycles. The Morgan fingerprint density at radius 1 is 1.12 bits per heavy atom. The van der Waals surface area contributed by atoms with E-state index in [0.29, 0.717) is 11.2 Å². The minimum atomic E-state index is 0.0753. The number of rotatable bonds is 0. The fraction of sp³-hybridized carbons (Fsp3) is 0.773. The fourth-order valence-corrected chi connectivity index (χ4v) is 8.25. The molecule has 0 saturated heterocycles. The highest BCUT2D eigenvalue weighted by atomic mass is 16.5. The lowest BCUT2D eigenvalue weighted by molar-refractivity contribution is -0.132. The van der Waals surface area contributed by atoms with E-state index in [1.165, 1.54) is 37.7 Å². The van der Waals surface area contributed by atoms with Gasteiger partial charge in [0.05, 0.1) is 12.2 Å². The normalized spacial score (nSPS) is 57.2. The summed E-state index contributed by atoms with van der Waals surface area (Å²) in [7, 11) is 0. The molecule has 128 valence electrons. The molecule has 6 aliphatic rings. The fourth-order valence-electron chi connectivity index (χ4n) is 8.25. The Bertz CT molecular complexity index is 675. The van der Waals surface area contributed by atoms with Crippen molar-refractivity contribution in [1.82, 2.24) is 0 Å². The van der Waals surface area contributed by atoms with Gasteiger partial charge in [-0.25, -0.2) is 0 Å². The molecule has 5 unspecified atom stereocenters. The summed E-state index contributed by atoms with van der Waals surface area (Å²) in [5.74, 6) is 5.41. The monoisotopic (exact) mass is 324 g/mol. The van der Waals surface area contributed by atoms with Crippen LogP contribution in [0.1, 0.15) is 51.9 Å². The van der Waals surface area contributed by atoms with Crippen LogP contribution in [0.3, 0.4) is 0 Å². The number of ketones is 1. The molecule has 4 saturated carbocycles. The molecule has 1 aliphatic heterocycles. The first-order valence-corrected chi connectivity index (χ1v) is 10.2. The molecule has 1 heterocycles. The zero-order valence-electron chi connectivity index (χ0n) is 14.7. The van der Waals surface area contributed by atoms with E-state index in [-0.39, 0.29) is 5.60 Å². The molecule has 24 heavy (non-hydrogen) atoms. The van der Waals surface area contributed by atoms with Crippen LogP contribution in [-0.2, 0) is 9.53 Å². The highest BCUT2D eigenvalue weighted by molar-refractivity contribution is 5.91. The molecule has 1 spiro atoms. The predicted molar refractivity (Wildman–Crippen MR) is 92.3 cm³/mol. The van der Waals surface area contributed by atoms with E-state index in [4.69, 9.17) is 4.74 Å². The van der Waals surface area contributed by atoms with E-state index in [2.05, 4.69) is 19.1 Å². The summed E-state index contributed by atoms with van der Waals surface area (Å²) in [6, 6.07) is 0. The topological polar surface area (TPSA) is 26.3 Å². The third kappa shape index (κ3) is 1.51. The summed E-state index contributed by atoms with van der Waals surface area (Å²) in [6.45, 7) is 3.39. The summed E-state index contributed by atoms with van der Waals surface area (Å²) in [5, 5.41) is 0. The molecule has 6 rings (SSSR count). The number of allylic oxidation sites excluding steroid dienone is 1. The molecular formula is C22H28O2. The summed E-state index contributed by atoms with van der Waals surface area (Å²) < 4.78 is 6.46. The molecule has 4 fully saturated rings. The number of carbonyl (C=O) groups is 1. The van der Waals surface area contributed by atoms with Crippen molar-refractivity contribution in [3.63, 3.8) is 0 Å². The van der Waals surface area contributed by atoms with Gasteiger partial charge in [0.2, 0.25) is 0 Å². The van der Waals surface area contributed by atoms with Gasteiger partial charge in [-0.05, 0) is 80.1 Å². The van der Waals surface area contributed by atoms with Crippen LogP contribution in [0, 0.1) is 40.9 Å². The van der Waals surface area contributed by atoms with Gasteiger partial charge in [0, 0.05) is 11.8 Å². The summed E-state index contributed by atoms with van der Waals surface area (Å²) in [6.07, 6.45) is 15.3. The molecule has 2 nitrogen and oxygen atoms in total. The second-order valence-corrected chi connectivity index (χ2v) is 9.69. The zero-order chi connectivity index (χ0) is 16.1. The average molecular weight is 324 g/mol. The van der Waals surface area contributed by atoms with Crippen molar-refractivity contribution >= 4 is 5.78 Å². The molecular weight excluding hydrogens is 296 g/mol. The van der Waals surface area contributed by atoms with Crippen molar-refractivity contribution in [1.29, 1.82) is 0 Å². The van der Waals surface area contributed by atoms with Crippen LogP contribution >= 0.6 is 0 Å². The van der Waals surface area contributed by atoms with E-state index in [1.54, 1.807) is 0 Å². The maximum atomic E-state index is 11.8. The Labute approximate surface area is 144 Å². The van der Waals surface area contributed by atoms with E-state index >= 15 is 0 Å². The van der Waals surface area contributed by atoms with Gasteiger partial charge in [-0.1, -0.05) is 24.6 Å². The van der Waals surface area contributed by atoms with Crippen molar-refractivity contribution in [2.75, 3.05) is 6.61 Å². The largest absolute Gasteiger partial charge is 0.366 e. The third-order valence-corrected chi connectivity index (χ3v) is 9.08. The zero-order valence-corrected chi connectivity index (χ0v) is 14.7. The minimum absolute atomic E-state index is 0.0753. The second kappa shape index (κ2) is 4.44. The molecule has 8 atom stereocenters. The number of carbonyl (C=O) groups excluding carboxylic acids is 1. The van der Waals surface area contributed by atoms with E-state index in [1.807, 2.05) is 6.08 Å². The van der Waals surface area contributed by atoms with Crippen molar-refractivity contribution in [2.24, 2.45) is 40.9 Å². The second-order valence-electron chi connectivity index (χ2n) is 9.69. The number of fused-ring (bicyclic) bond motifs is 9. The van der Waals surface area contributed by atoms with Crippen LogP contribution in [0.5, 0.6) is 0 Å². The van der Waals surface area contributed by atoms with Gasteiger partial charge < -0.3 is 4.74 Å². The van der Waals surface area contributed by atoms with Crippen molar-refractivity contribution in [3.8, 4) is 0 Å². The van der Waals surface area contributed by atoms with E-state index in [9.17, 15) is 4.79 Å². The maximum Gasteiger partial charge on any atom is 0.155 e. The summed E-state index contributed by atoms with van der Waals surface area (Å²) in [4.78, 5) is 11.8. The first kappa shape index (κ1) is 14.3. The molecule has 0 bridgehead atoms. The van der Waals surface area contributed by atoms with Crippen molar-refractivity contribution in [2.45, 2.75) is 57.5 Å². The first-order valence-electron chi connectivity index (χ1n) is 10.2. The smallest absolute Gasteiger partial charge is 0.155 e. The molecule has 0 aromatic carbocycles. The lowest BCUT2D eigenvalue weighted by Crippen LogP contribution is -2.54. The SMILES string of the molecule is C[C@]12CCC3C4CCC(=O)C=C4CCC3C1[C@@H]1C[C@@H]1C21C=CCO1. The quantitative estimate of drug-likeness (QED) is 0.621. The van der Waals surface area contributed by atoms with Crippen LogP contribution in [0.15, 0.2) is 23.8 Å². The Kier molecular flexibility index (Phi) is 2.64. The van der Waals surface area contributed by atoms with E-state index < -0.39 is 0 Å². The number of ether oxygens (including phenoxy) is 1. The first-order chi connectivity index (χ1) is 11.6. The Morgan fingerprint density at radius 3 is 2.88 bits per heavy atom. The van der Waals surface area contributed by atoms with Gasteiger partial charge in [-0.2, -0.15) is 0 Å². The highest BCUT2D eigenvalue weighted by Crippen LogP contribution is 2.77. The van der Waals surface area contributed by atoms with Gasteiger partial charge >= 0.3 is 0 Å². The minimum Gasteiger partial charge on any atom is -0.366 e. The van der Waals surface area contributed by atoms with E-state index in [0.717, 1.165) is 55.0 Å². The van der Waals surface area contributed by atoms with Crippen molar-refractivity contribution in [3.05, 3.63) is 23.8 Å². The van der Waals surface area contributed by atoms with Gasteiger partial charge in [-0.3, -0.25) is 4.79 Å². The van der Waals surface area contributed by atoms with Crippen LogP contribution in [0.25, 0.3) is 0 Å². The Hall–Kier alpha value is -0.890. The van der Waals surface area contributed by atoms with Crippen LogP contribution in [0.2, 0.25) is 0 Å². The summed E-state index contributed by atoms with van der Waals surface area (Å²) in [5.41, 5.74) is 1.94. The van der Waals surface area contributed by atoms with Gasteiger partial charge in [0.1, 0.15) is 0 Å².